The molecule has 2 bridgehead atoms. The second-order valence-corrected chi connectivity index (χ2v) is 5.66. The SMILES string of the molecule is COC(=O)[C@@H]1C[C@@H]2CN[C@@]1(Cl)C(=O)N2c1ccccc1. The lowest BCUT2D eigenvalue weighted by Crippen LogP contribution is -2.74. The number of amides is 1. The van der Waals surface area contributed by atoms with Crippen LogP contribution in [0.1, 0.15) is 6.42 Å². The van der Waals surface area contributed by atoms with Gasteiger partial charge in [-0.3, -0.25) is 14.9 Å². The molecule has 20 heavy (non-hydrogen) atoms. The summed E-state index contributed by atoms with van der Waals surface area (Å²) >= 11 is 6.43. The van der Waals surface area contributed by atoms with Crippen molar-refractivity contribution in [2.75, 3.05) is 18.6 Å². The molecule has 0 radical (unpaired) electrons. The van der Waals surface area contributed by atoms with Gasteiger partial charge in [-0.2, -0.15) is 0 Å². The third-order valence-corrected chi connectivity index (χ3v) is 4.56. The normalized spacial score (nSPS) is 32.3. The van der Waals surface area contributed by atoms with Crippen LogP contribution in [-0.2, 0) is 14.3 Å². The topological polar surface area (TPSA) is 58.6 Å². The quantitative estimate of drug-likeness (QED) is 0.504. The Hall–Kier alpha value is -1.59. The number of nitrogens with zero attached hydrogens (tertiary/aromatic N) is 1. The van der Waals surface area contributed by atoms with E-state index in [1.807, 2.05) is 30.3 Å². The van der Waals surface area contributed by atoms with Gasteiger partial charge in [0.05, 0.1) is 13.2 Å². The van der Waals surface area contributed by atoms with Gasteiger partial charge in [0.15, 0.2) is 5.00 Å². The second kappa shape index (κ2) is 4.75. The number of esters is 1. The van der Waals surface area contributed by atoms with Gasteiger partial charge >= 0.3 is 5.97 Å². The summed E-state index contributed by atoms with van der Waals surface area (Å²) in [5, 5.41) is 2.98. The fourth-order valence-electron chi connectivity index (χ4n) is 2.99. The molecule has 1 N–H and O–H groups in total. The fraction of sp³-hybridized carbons (Fsp3) is 0.429. The predicted octanol–water partition coefficient (Wildman–Crippen LogP) is 1.12. The zero-order valence-electron chi connectivity index (χ0n) is 11.0. The summed E-state index contributed by atoms with van der Waals surface area (Å²) in [6.07, 6.45) is 0.504. The van der Waals surface area contributed by atoms with Crippen LogP contribution >= 0.6 is 11.6 Å². The van der Waals surface area contributed by atoms with E-state index in [1.54, 1.807) is 4.90 Å². The van der Waals surface area contributed by atoms with Crippen molar-refractivity contribution in [1.29, 1.82) is 0 Å². The minimum absolute atomic E-state index is 0.0883. The first-order valence-corrected chi connectivity index (χ1v) is 6.86. The highest BCUT2D eigenvalue weighted by Crippen LogP contribution is 2.42. The van der Waals surface area contributed by atoms with Crippen LogP contribution in [0.5, 0.6) is 0 Å². The van der Waals surface area contributed by atoms with E-state index >= 15 is 0 Å². The van der Waals surface area contributed by atoms with Crippen molar-refractivity contribution in [3.8, 4) is 0 Å². The molecule has 4 rings (SSSR count). The number of nitrogens with one attached hydrogen (secondary N) is 1. The molecule has 3 aliphatic rings. The molecule has 1 amide bonds. The summed E-state index contributed by atoms with van der Waals surface area (Å²) in [6.45, 7) is 0.567. The number of alkyl halides is 1. The molecule has 1 aromatic carbocycles. The number of anilines is 1. The number of hydrogen-bond acceptors (Lipinski definition) is 4. The summed E-state index contributed by atoms with van der Waals surface area (Å²) in [4.78, 5) is 24.8. The highest BCUT2D eigenvalue weighted by Gasteiger charge is 2.60. The molecule has 3 fully saturated rings. The van der Waals surface area contributed by atoms with Crippen LogP contribution in [0.15, 0.2) is 30.3 Å². The van der Waals surface area contributed by atoms with Crippen LogP contribution < -0.4 is 10.2 Å². The third kappa shape index (κ3) is 1.81. The van der Waals surface area contributed by atoms with Crippen LogP contribution in [0, 0.1) is 5.92 Å². The number of halogens is 1. The van der Waals surface area contributed by atoms with Gasteiger partial charge in [-0.05, 0) is 18.6 Å². The molecule has 106 valence electrons. The minimum atomic E-state index is -1.41. The number of benzene rings is 1. The number of carbonyl (C=O) groups excluding carboxylic acids is 2. The Morgan fingerprint density at radius 1 is 1.45 bits per heavy atom. The maximum atomic E-state index is 12.7. The van der Waals surface area contributed by atoms with E-state index in [0.717, 1.165) is 5.69 Å². The highest BCUT2D eigenvalue weighted by atomic mass is 35.5. The van der Waals surface area contributed by atoms with E-state index in [-0.39, 0.29) is 11.9 Å². The number of piperazine rings is 1. The third-order valence-electron chi connectivity index (χ3n) is 4.00. The first-order chi connectivity index (χ1) is 9.58. The van der Waals surface area contributed by atoms with Crippen LogP contribution in [0.25, 0.3) is 0 Å². The van der Waals surface area contributed by atoms with Crippen molar-refractivity contribution in [1.82, 2.24) is 5.32 Å². The summed E-state index contributed by atoms with van der Waals surface area (Å²) in [6, 6.07) is 9.28. The van der Waals surface area contributed by atoms with Gasteiger partial charge in [-0.25, -0.2) is 0 Å². The van der Waals surface area contributed by atoms with Gasteiger partial charge in [0.2, 0.25) is 0 Å². The van der Waals surface area contributed by atoms with Crippen LogP contribution in [-0.4, -0.2) is 36.6 Å². The summed E-state index contributed by atoms with van der Waals surface area (Å²) < 4.78 is 4.76. The predicted molar refractivity (Wildman–Crippen MR) is 74.4 cm³/mol. The Bertz CT molecular complexity index is 551. The Labute approximate surface area is 121 Å². The zero-order valence-corrected chi connectivity index (χ0v) is 11.8. The first kappa shape index (κ1) is 13.4. The Balaban J connectivity index is 1.97. The maximum absolute atomic E-state index is 12.7. The standard InChI is InChI=1S/C14H15ClN2O3/c1-20-12(18)11-7-10-8-16-14(11,15)13(19)17(10)9-5-3-2-4-6-9/h2-6,10-11,16H,7-8H2,1H3/t10-,11+,14-/m1/s1. The molecular formula is C14H15ClN2O3. The van der Waals surface area contributed by atoms with Gasteiger partial charge in [0.1, 0.15) is 5.92 Å². The fourth-order valence-corrected chi connectivity index (χ4v) is 3.33. The molecular weight excluding hydrogens is 280 g/mol. The lowest BCUT2D eigenvalue weighted by molar-refractivity contribution is -0.153. The molecule has 0 saturated carbocycles. The largest absolute Gasteiger partial charge is 0.469 e. The maximum Gasteiger partial charge on any atom is 0.312 e. The molecule has 5 nitrogen and oxygen atoms in total. The Morgan fingerprint density at radius 3 is 2.80 bits per heavy atom. The van der Waals surface area contributed by atoms with Gasteiger partial charge < -0.3 is 9.64 Å². The van der Waals surface area contributed by atoms with E-state index in [4.69, 9.17) is 16.3 Å². The second-order valence-electron chi connectivity index (χ2n) is 5.07. The first-order valence-electron chi connectivity index (χ1n) is 6.48. The van der Waals surface area contributed by atoms with Crippen LogP contribution in [0.2, 0.25) is 0 Å². The molecule has 0 aromatic heterocycles. The number of ether oxygens (including phenoxy) is 1. The van der Waals surface area contributed by atoms with Crippen molar-refractivity contribution in [3.05, 3.63) is 30.3 Å². The highest BCUT2D eigenvalue weighted by molar-refractivity contribution is 6.38. The number of piperidine rings is 2. The molecule has 0 aliphatic carbocycles. The van der Waals surface area contributed by atoms with Crippen LogP contribution in [0.4, 0.5) is 5.69 Å². The lowest BCUT2D eigenvalue weighted by Gasteiger charge is -2.52. The molecule has 1 aromatic rings. The molecule has 3 heterocycles. The number of hydrogen-bond donors (Lipinski definition) is 1. The molecule has 3 aliphatic heterocycles. The van der Waals surface area contributed by atoms with Gasteiger partial charge in [0.25, 0.3) is 5.91 Å². The van der Waals surface area contributed by atoms with Crippen molar-refractivity contribution in [2.45, 2.75) is 17.5 Å². The summed E-state index contributed by atoms with van der Waals surface area (Å²) in [7, 11) is 1.31. The monoisotopic (exact) mass is 294 g/mol. The van der Waals surface area contributed by atoms with E-state index in [0.29, 0.717) is 13.0 Å². The molecule has 3 saturated heterocycles. The van der Waals surface area contributed by atoms with E-state index in [9.17, 15) is 9.59 Å². The number of fused-ring (bicyclic) bond motifs is 3. The summed E-state index contributed by atoms with van der Waals surface area (Å²) in [5.74, 6) is -1.39. The van der Waals surface area contributed by atoms with Crippen molar-refractivity contribution < 1.29 is 14.3 Å². The van der Waals surface area contributed by atoms with Gasteiger partial charge in [-0.1, -0.05) is 29.8 Å². The van der Waals surface area contributed by atoms with Crippen LogP contribution in [0.3, 0.4) is 0 Å². The zero-order chi connectivity index (χ0) is 14.3. The molecule has 0 unspecified atom stereocenters. The van der Waals surface area contributed by atoms with Gasteiger partial charge in [0, 0.05) is 12.2 Å². The van der Waals surface area contributed by atoms with Crippen molar-refractivity contribution >= 4 is 29.2 Å². The molecule has 0 spiro atoms. The average molecular weight is 295 g/mol. The Morgan fingerprint density at radius 2 is 2.15 bits per heavy atom. The molecule has 6 heteroatoms. The summed E-state index contributed by atoms with van der Waals surface area (Å²) in [5.41, 5.74) is 0.803. The number of rotatable bonds is 2. The lowest BCUT2D eigenvalue weighted by atomic mass is 9.81. The van der Waals surface area contributed by atoms with E-state index < -0.39 is 16.9 Å². The van der Waals surface area contributed by atoms with Crippen molar-refractivity contribution in [3.63, 3.8) is 0 Å². The Kier molecular flexibility index (Phi) is 3.18. The smallest absolute Gasteiger partial charge is 0.312 e. The number of methoxy groups -OCH3 is 1. The van der Waals surface area contributed by atoms with E-state index in [1.165, 1.54) is 7.11 Å². The minimum Gasteiger partial charge on any atom is -0.469 e. The number of para-hydroxylation sites is 1. The average Bonchev–Trinajstić information content (AvgIpc) is 2.48. The van der Waals surface area contributed by atoms with Gasteiger partial charge in [-0.15, -0.1) is 0 Å². The number of carbonyl (C=O) groups is 2. The van der Waals surface area contributed by atoms with E-state index in [2.05, 4.69) is 5.32 Å². The van der Waals surface area contributed by atoms with Crippen molar-refractivity contribution in [2.24, 2.45) is 5.92 Å². The molecule has 3 atom stereocenters.